The number of nitrogens with zero attached hydrogens (tertiary/aromatic N) is 2. The molecule has 1 saturated heterocycles. The molecule has 2 aliphatic rings. The fourth-order valence-corrected chi connectivity index (χ4v) is 3.98. The summed E-state index contributed by atoms with van der Waals surface area (Å²) in [5.41, 5.74) is 0.473. The Hall–Kier alpha value is -0.680. The van der Waals surface area contributed by atoms with Crippen LogP contribution in [-0.4, -0.2) is 27.3 Å². The molecule has 0 atom stereocenters. The third-order valence-electron chi connectivity index (χ3n) is 4.22. The summed E-state index contributed by atoms with van der Waals surface area (Å²) in [6.45, 7) is 0.727. The Morgan fingerprint density at radius 1 is 1.35 bits per heavy atom. The molecular weight excluding hydrogens is 294 g/mol. The molecule has 2 heterocycles. The summed E-state index contributed by atoms with van der Waals surface area (Å²) < 4.78 is 1.58. The Morgan fingerprint density at radius 2 is 2.10 bits per heavy atom. The Kier molecular flexibility index (Phi) is 4.56. The van der Waals surface area contributed by atoms with E-state index in [1.165, 1.54) is 19.3 Å². The van der Waals surface area contributed by atoms with Gasteiger partial charge in [-0.15, -0.1) is 0 Å². The van der Waals surface area contributed by atoms with Gasteiger partial charge in [-0.1, -0.05) is 18.0 Å². The van der Waals surface area contributed by atoms with Gasteiger partial charge in [0.05, 0.1) is 11.2 Å². The highest BCUT2D eigenvalue weighted by atomic mass is 35.5. The first-order valence-corrected chi connectivity index (χ1v) is 8.87. The van der Waals surface area contributed by atoms with Gasteiger partial charge in [0.1, 0.15) is 5.69 Å². The maximum atomic E-state index is 12.5. The van der Waals surface area contributed by atoms with Crippen molar-refractivity contribution >= 4 is 29.1 Å². The molecule has 1 aliphatic carbocycles. The van der Waals surface area contributed by atoms with Crippen molar-refractivity contribution in [3.8, 4) is 0 Å². The zero-order valence-corrected chi connectivity index (χ0v) is 13.1. The first kappa shape index (κ1) is 14.3. The van der Waals surface area contributed by atoms with Crippen LogP contribution in [0.15, 0.2) is 11.0 Å². The van der Waals surface area contributed by atoms with Crippen molar-refractivity contribution < 1.29 is 0 Å². The molecule has 1 aromatic heterocycles. The SMILES string of the molecule is O=c1c(NC2CCSCC2)c(Cl)cnn1CC1CCC1. The second kappa shape index (κ2) is 6.39. The normalized spacial score (nSPS) is 20.6. The molecule has 1 aromatic rings. The van der Waals surface area contributed by atoms with Crippen LogP contribution >= 0.6 is 23.4 Å². The zero-order valence-electron chi connectivity index (χ0n) is 11.5. The monoisotopic (exact) mass is 313 g/mol. The van der Waals surface area contributed by atoms with Crippen molar-refractivity contribution in [3.63, 3.8) is 0 Å². The number of nitrogens with one attached hydrogen (secondary N) is 1. The average molecular weight is 314 g/mol. The van der Waals surface area contributed by atoms with Crippen molar-refractivity contribution in [2.75, 3.05) is 16.8 Å². The highest BCUT2D eigenvalue weighted by Gasteiger charge is 2.21. The van der Waals surface area contributed by atoms with Gasteiger partial charge < -0.3 is 5.32 Å². The topological polar surface area (TPSA) is 46.9 Å². The number of rotatable bonds is 4. The van der Waals surface area contributed by atoms with E-state index in [9.17, 15) is 4.79 Å². The highest BCUT2D eigenvalue weighted by molar-refractivity contribution is 7.99. The number of hydrogen-bond donors (Lipinski definition) is 1. The van der Waals surface area contributed by atoms with Crippen LogP contribution in [0.5, 0.6) is 0 Å². The molecule has 0 unspecified atom stereocenters. The van der Waals surface area contributed by atoms with Crippen LogP contribution in [0.2, 0.25) is 5.02 Å². The minimum absolute atomic E-state index is 0.0670. The first-order chi connectivity index (χ1) is 9.74. The lowest BCUT2D eigenvalue weighted by Gasteiger charge is -2.26. The lowest BCUT2D eigenvalue weighted by molar-refractivity contribution is 0.262. The standard InChI is InChI=1S/C14H20ClN3OS/c15-12-8-16-18(9-10-2-1-3-10)14(19)13(12)17-11-4-6-20-7-5-11/h8,10-11,17H,1-7,9H2. The van der Waals surface area contributed by atoms with Gasteiger partial charge in [0.15, 0.2) is 0 Å². The molecule has 0 bridgehead atoms. The van der Waals surface area contributed by atoms with E-state index in [1.54, 1.807) is 10.9 Å². The maximum Gasteiger partial charge on any atom is 0.291 e. The molecule has 6 heteroatoms. The minimum atomic E-state index is -0.0670. The number of halogens is 1. The van der Waals surface area contributed by atoms with E-state index in [1.807, 2.05) is 11.8 Å². The van der Waals surface area contributed by atoms with Crippen LogP contribution < -0.4 is 10.9 Å². The van der Waals surface area contributed by atoms with Crippen molar-refractivity contribution in [3.05, 3.63) is 21.6 Å². The van der Waals surface area contributed by atoms with Gasteiger partial charge in [-0.25, -0.2) is 4.68 Å². The Morgan fingerprint density at radius 3 is 2.75 bits per heavy atom. The first-order valence-electron chi connectivity index (χ1n) is 7.34. The van der Waals surface area contributed by atoms with E-state index in [2.05, 4.69) is 10.4 Å². The quantitative estimate of drug-likeness (QED) is 0.928. The molecular formula is C14H20ClN3OS. The molecule has 4 nitrogen and oxygen atoms in total. The predicted octanol–water partition coefficient (Wildman–Crippen LogP) is 3.00. The highest BCUT2D eigenvalue weighted by Crippen LogP contribution is 2.28. The summed E-state index contributed by atoms with van der Waals surface area (Å²) >= 11 is 8.13. The molecule has 0 aromatic carbocycles. The summed E-state index contributed by atoms with van der Waals surface area (Å²) in [5.74, 6) is 2.91. The fourth-order valence-electron chi connectivity index (χ4n) is 2.70. The van der Waals surface area contributed by atoms with Crippen LogP contribution in [-0.2, 0) is 6.54 Å². The van der Waals surface area contributed by atoms with Crippen LogP contribution in [0.4, 0.5) is 5.69 Å². The lowest BCUT2D eigenvalue weighted by atomic mass is 9.85. The molecule has 2 fully saturated rings. The lowest BCUT2D eigenvalue weighted by Crippen LogP contribution is -2.34. The van der Waals surface area contributed by atoms with Crippen LogP contribution in [0, 0.1) is 5.92 Å². The molecule has 110 valence electrons. The molecule has 1 N–H and O–H groups in total. The molecule has 20 heavy (non-hydrogen) atoms. The van der Waals surface area contributed by atoms with Gasteiger partial charge in [0, 0.05) is 12.6 Å². The molecule has 1 aliphatic heterocycles. The third kappa shape index (κ3) is 3.14. The number of hydrogen-bond acceptors (Lipinski definition) is 4. The number of thioether (sulfide) groups is 1. The fraction of sp³-hybridized carbons (Fsp3) is 0.714. The van der Waals surface area contributed by atoms with Gasteiger partial charge in [0.2, 0.25) is 0 Å². The second-order valence-corrected chi connectivity index (χ2v) is 7.31. The molecule has 0 radical (unpaired) electrons. The van der Waals surface area contributed by atoms with E-state index < -0.39 is 0 Å². The summed E-state index contributed by atoms with van der Waals surface area (Å²) in [6, 6.07) is 0.362. The third-order valence-corrected chi connectivity index (χ3v) is 5.56. The summed E-state index contributed by atoms with van der Waals surface area (Å²) in [5, 5.41) is 7.97. The largest absolute Gasteiger partial charge is 0.376 e. The van der Waals surface area contributed by atoms with Crippen molar-refractivity contribution in [1.82, 2.24) is 9.78 Å². The Balaban J connectivity index is 1.77. The van der Waals surface area contributed by atoms with E-state index in [4.69, 9.17) is 11.6 Å². The molecule has 0 spiro atoms. The van der Waals surface area contributed by atoms with Gasteiger partial charge >= 0.3 is 0 Å². The van der Waals surface area contributed by atoms with E-state index >= 15 is 0 Å². The van der Waals surface area contributed by atoms with Crippen molar-refractivity contribution in [2.45, 2.75) is 44.7 Å². The summed E-state index contributed by atoms with van der Waals surface area (Å²) in [6.07, 6.45) is 7.47. The number of anilines is 1. The van der Waals surface area contributed by atoms with Gasteiger partial charge in [0.25, 0.3) is 5.56 Å². The summed E-state index contributed by atoms with van der Waals surface area (Å²) in [4.78, 5) is 12.5. The van der Waals surface area contributed by atoms with Gasteiger partial charge in [-0.05, 0) is 43.1 Å². The zero-order chi connectivity index (χ0) is 13.9. The number of aromatic nitrogens is 2. The van der Waals surface area contributed by atoms with Gasteiger partial charge in [-0.2, -0.15) is 16.9 Å². The molecule has 0 amide bonds. The Labute approximate surface area is 128 Å². The van der Waals surface area contributed by atoms with Crippen molar-refractivity contribution in [2.24, 2.45) is 5.92 Å². The maximum absolute atomic E-state index is 12.5. The van der Waals surface area contributed by atoms with Crippen molar-refractivity contribution in [1.29, 1.82) is 0 Å². The van der Waals surface area contributed by atoms with Crippen LogP contribution in [0.25, 0.3) is 0 Å². The van der Waals surface area contributed by atoms with Crippen LogP contribution in [0.3, 0.4) is 0 Å². The van der Waals surface area contributed by atoms with Crippen LogP contribution in [0.1, 0.15) is 32.1 Å². The van der Waals surface area contributed by atoms with E-state index in [0.717, 1.165) is 30.9 Å². The summed E-state index contributed by atoms with van der Waals surface area (Å²) in [7, 11) is 0. The molecule has 1 saturated carbocycles. The predicted molar refractivity (Wildman–Crippen MR) is 84.8 cm³/mol. The van der Waals surface area contributed by atoms with E-state index in [0.29, 0.717) is 22.7 Å². The smallest absolute Gasteiger partial charge is 0.291 e. The van der Waals surface area contributed by atoms with Gasteiger partial charge in [-0.3, -0.25) is 4.79 Å². The second-order valence-electron chi connectivity index (χ2n) is 5.68. The average Bonchev–Trinajstić information content (AvgIpc) is 2.42. The van der Waals surface area contributed by atoms with E-state index in [-0.39, 0.29) is 5.56 Å². The molecule has 3 rings (SSSR count). The Bertz CT molecular complexity index is 524. The minimum Gasteiger partial charge on any atom is -0.376 e.